The van der Waals surface area contributed by atoms with Crippen LogP contribution in [0.3, 0.4) is 0 Å². The Morgan fingerprint density at radius 2 is 2.07 bits per heavy atom. The van der Waals surface area contributed by atoms with Crippen molar-refractivity contribution in [2.24, 2.45) is 0 Å². The lowest BCUT2D eigenvalue weighted by Gasteiger charge is -2.34. The molecule has 2 nitrogen and oxygen atoms in total. The molecule has 1 aliphatic carbocycles. The van der Waals surface area contributed by atoms with Gasteiger partial charge in [0.15, 0.2) is 0 Å². The summed E-state index contributed by atoms with van der Waals surface area (Å²) < 4.78 is 0. The smallest absolute Gasteiger partial charge is 0.00922 e. The third-order valence-electron chi connectivity index (χ3n) is 3.65. The van der Waals surface area contributed by atoms with Gasteiger partial charge in [-0.2, -0.15) is 0 Å². The van der Waals surface area contributed by atoms with Gasteiger partial charge in [-0.15, -0.1) is 0 Å². The van der Waals surface area contributed by atoms with Crippen LogP contribution in [-0.2, 0) is 0 Å². The molecule has 1 fully saturated rings. The number of nitrogens with one attached hydrogen (secondary N) is 1. The zero-order chi connectivity index (χ0) is 11.1. The van der Waals surface area contributed by atoms with Crippen molar-refractivity contribution in [2.75, 3.05) is 20.1 Å². The summed E-state index contributed by atoms with van der Waals surface area (Å²) in [4.78, 5) is 2.56. The van der Waals surface area contributed by atoms with Crippen LogP contribution in [-0.4, -0.2) is 37.1 Å². The van der Waals surface area contributed by atoms with Gasteiger partial charge in [0.1, 0.15) is 0 Å². The Balaban J connectivity index is 1.91. The fourth-order valence-corrected chi connectivity index (χ4v) is 2.27. The Bertz CT molecular complexity index is 155. The molecule has 15 heavy (non-hydrogen) atoms. The summed E-state index contributed by atoms with van der Waals surface area (Å²) in [6.07, 6.45) is 8.38. The quantitative estimate of drug-likeness (QED) is 0.622. The van der Waals surface area contributed by atoms with Gasteiger partial charge in [0.2, 0.25) is 0 Å². The topological polar surface area (TPSA) is 15.3 Å². The van der Waals surface area contributed by atoms with Crippen LogP contribution in [0.15, 0.2) is 0 Å². The van der Waals surface area contributed by atoms with E-state index in [2.05, 4.69) is 31.1 Å². The van der Waals surface area contributed by atoms with Crippen LogP contribution < -0.4 is 5.32 Å². The predicted molar refractivity (Wildman–Crippen MR) is 67.3 cm³/mol. The number of rotatable bonds is 8. The molecular formula is C13H28N2. The van der Waals surface area contributed by atoms with Gasteiger partial charge in [0, 0.05) is 12.1 Å². The Morgan fingerprint density at radius 3 is 2.60 bits per heavy atom. The molecule has 90 valence electrons. The van der Waals surface area contributed by atoms with E-state index in [1.165, 1.54) is 45.1 Å². The predicted octanol–water partition coefficient (Wildman–Crippen LogP) is 2.64. The lowest BCUT2D eigenvalue weighted by atomic mass is 9.92. The summed E-state index contributed by atoms with van der Waals surface area (Å²) in [6, 6.07) is 1.61. The van der Waals surface area contributed by atoms with E-state index in [-0.39, 0.29) is 0 Å². The first kappa shape index (κ1) is 13.0. The SMILES string of the molecule is CCNC(C)CCCCN(C)C1CCC1. The fraction of sp³-hybridized carbons (Fsp3) is 1.00. The second-order valence-electron chi connectivity index (χ2n) is 5.02. The number of unbranched alkanes of at least 4 members (excludes halogenated alkanes) is 1. The van der Waals surface area contributed by atoms with E-state index in [0.29, 0.717) is 6.04 Å². The van der Waals surface area contributed by atoms with Crippen LogP contribution in [0.2, 0.25) is 0 Å². The second kappa shape index (κ2) is 7.24. The summed E-state index contributed by atoms with van der Waals surface area (Å²) in [5, 5.41) is 3.47. The highest BCUT2D eigenvalue weighted by molar-refractivity contribution is 4.77. The normalized spacial score (nSPS) is 19.2. The van der Waals surface area contributed by atoms with E-state index in [9.17, 15) is 0 Å². The van der Waals surface area contributed by atoms with Crippen molar-refractivity contribution in [3.05, 3.63) is 0 Å². The number of hydrogen-bond donors (Lipinski definition) is 1. The van der Waals surface area contributed by atoms with Gasteiger partial charge in [-0.05, 0) is 52.7 Å². The Morgan fingerprint density at radius 1 is 1.33 bits per heavy atom. The molecule has 0 saturated heterocycles. The first-order valence-electron chi connectivity index (χ1n) is 6.67. The Hall–Kier alpha value is -0.0800. The zero-order valence-electron chi connectivity index (χ0n) is 10.8. The number of hydrogen-bond acceptors (Lipinski definition) is 2. The van der Waals surface area contributed by atoms with Crippen molar-refractivity contribution in [3.63, 3.8) is 0 Å². The summed E-state index contributed by atoms with van der Waals surface area (Å²) in [5.41, 5.74) is 0. The third kappa shape index (κ3) is 4.98. The van der Waals surface area contributed by atoms with Gasteiger partial charge < -0.3 is 10.2 Å². The third-order valence-corrected chi connectivity index (χ3v) is 3.65. The molecule has 0 spiro atoms. The van der Waals surface area contributed by atoms with Crippen LogP contribution >= 0.6 is 0 Å². The molecule has 1 aliphatic rings. The summed E-state index contributed by atoms with van der Waals surface area (Å²) in [7, 11) is 2.29. The zero-order valence-corrected chi connectivity index (χ0v) is 10.8. The maximum absolute atomic E-state index is 3.47. The van der Waals surface area contributed by atoms with Gasteiger partial charge in [0.25, 0.3) is 0 Å². The molecule has 1 saturated carbocycles. The summed E-state index contributed by atoms with van der Waals surface area (Å²) in [5.74, 6) is 0. The van der Waals surface area contributed by atoms with Crippen molar-refractivity contribution in [2.45, 2.75) is 64.5 Å². The number of nitrogens with zero attached hydrogens (tertiary/aromatic N) is 1. The van der Waals surface area contributed by atoms with Crippen molar-refractivity contribution in [1.29, 1.82) is 0 Å². The Kier molecular flexibility index (Phi) is 6.26. The van der Waals surface area contributed by atoms with Crippen molar-refractivity contribution in [3.8, 4) is 0 Å². The lowest BCUT2D eigenvalue weighted by Crippen LogP contribution is -2.37. The highest BCUT2D eigenvalue weighted by atomic mass is 15.1. The molecule has 0 radical (unpaired) electrons. The molecule has 0 aromatic carbocycles. The minimum Gasteiger partial charge on any atom is -0.315 e. The van der Waals surface area contributed by atoms with Crippen LogP contribution in [0, 0.1) is 0 Å². The molecular weight excluding hydrogens is 184 g/mol. The highest BCUT2D eigenvalue weighted by Crippen LogP contribution is 2.23. The molecule has 2 heteroatoms. The van der Waals surface area contributed by atoms with Gasteiger partial charge in [0.05, 0.1) is 0 Å². The Labute approximate surface area is 95.4 Å². The minimum atomic E-state index is 0.698. The molecule has 0 aromatic rings. The first-order valence-corrected chi connectivity index (χ1v) is 6.67. The van der Waals surface area contributed by atoms with E-state index in [0.717, 1.165) is 12.6 Å². The maximum atomic E-state index is 3.47. The maximum Gasteiger partial charge on any atom is 0.00922 e. The van der Waals surface area contributed by atoms with E-state index in [4.69, 9.17) is 0 Å². The molecule has 0 bridgehead atoms. The van der Waals surface area contributed by atoms with Crippen LogP contribution in [0.5, 0.6) is 0 Å². The molecule has 1 unspecified atom stereocenters. The fourth-order valence-electron chi connectivity index (χ4n) is 2.27. The summed E-state index contributed by atoms with van der Waals surface area (Å²) >= 11 is 0. The second-order valence-corrected chi connectivity index (χ2v) is 5.02. The average Bonchev–Trinajstić information content (AvgIpc) is 2.10. The largest absolute Gasteiger partial charge is 0.315 e. The van der Waals surface area contributed by atoms with E-state index in [1.807, 2.05) is 0 Å². The van der Waals surface area contributed by atoms with Crippen LogP contribution in [0.25, 0.3) is 0 Å². The lowest BCUT2D eigenvalue weighted by molar-refractivity contribution is 0.157. The van der Waals surface area contributed by atoms with Gasteiger partial charge >= 0.3 is 0 Å². The van der Waals surface area contributed by atoms with Crippen molar-refractivity contribution >= 4 is 0 Å². The van der Waals surface area contributed by atoms with Gasteiger partial charge in [-0.3, -0.25) is 0 Å². The summed E-state index contributed by atoms with van der Waals surface area (Å²) in [6.45, 7) is 6.87. The highest BCUT2D eigenvalue weighted by Gasteiger charge is 2.20. The van der Waals surface area contributed by atoms with E-state index >= 15 is 0 Å². The molecule has 1 atom stereocenters. The standard InChI is InChI=1S/C13H28N2/c1-4-14-12(2)8-5-6-11-15(3)13-9-7-10-13/h12-14H,4-11H2,1-3H3. The van der Waals surface area contributed by atoms with E-state index < -0.39 is 0 Å². The molecule has 0 amide bonds. The van der Waals surface area contributed by atoms with Crippen molar-refractivity contribution < 1.29 is 0 Å². The molecule has 0 heterocycles. The van der Waals surface area contributed by atoms with E-state index in [1.54, 1.807) is 0 Å². The monoisotopic (exact) mass is 212 g/mol. The van der Waals surface area contributed by atoms with Crippen molar-refractivity contribution in [1.82, 2.24) is 10.2 Å². The molecule has 1 N–H and O–H groups in total. The van der Waals surface area contributed by atoms with Crippen LogP contribution in [0.1, 0.15) is 52.4 Å². The van der Waals surface area contributed by atoms with Gasteiger partial charge in [-0.25, -0.2) is 0 Å². The minimum absolute atomic E-state index is 0.698. The van der Waals surface area contributed by atoms with Gasteiger partial charge in [-0.1, -0.05) is 19.8 Å². The molecule has 0 aromatic heterocycles. The molecule has 1 rings (SSSR count). The molecule has 0 aliphatic heterocycles. The average molecular weight is 212 g/mol. The first-order chi connectivity index (χ1) is 7.24. The van der Waals surface area contributed by atoms with Crippen LogP contribution in [0.4, 0.5) is 0 Å².